The molecular weight excluding hydrogens is 418 g/mol. The van der Waals surface area contributed by atoms with Gasteiger partial charge in [-0.05, 0) is 64.8 Å². The lowest BCUT2D eigenvalue weighted by molar-refractivity contribution is -0.117. The van der Waals surface area contributed by atoms with Gasteiger partial charge in [-0.15, -0.1) is 10.2 Å². The molecular formula is C16H12BrN7OS. The molecule has 10 heteroatoms. The van der Waals surface area contributed by atoms with E-state index < -0.39 is 0 Å². The highest BCUT2D eigenvalue weighted by molar-refractivity contribution is 9.10. The molecule has 1 aliphatic rings. The van der Waals surface area contributed by atoms with Gasteiger partial charge in [0.2, 0.25) is 11.1 Å². The zero-order valence-electron chi connectivity index (χ0n) is 13.3. The number of rotatable bonds is 4. The van der Waals surface area contributed by atoms with Crippen molar-refractivity contribution in [1.29, 1.82) is 0 Å². The summed E-state index contributed by atoms with van der Waals surface area (Å²) >= 11 is 4.86. The Morgan fingerprint density at radius 2 is 2.00 bits per heavy atom. The number of imidazole rings is 1. The second kappa shape index (κ2) is 6.06. The lowest BCUT2D eigenvalue weighted by atomic mass is 10.4. The molecule has 0 unspecified atom stereocenters. The third-order valence-corrected chi connectivity index (χ3v) is 5.38. The van der Waals surface area contributed by atoms with Gasteiger partial charge < -0.3 is 5.32 Å². The van der Waals surface area contributed by atoms with Crippen LogP contribution in [0.25, 0.3) is 11.3 Å². The van der Waals surface area contributed by atoms with Gasteiger partial charge in [0.15, 0.2) is 17.1 Å². The Hall–Kier alpha value is -2.46. The van der Waals surface area contributed by atoms with E-state index in [1.54, 1.807) is 10.7 Å². The van der Waals surface area contributed by atoms with Crippen molar-refractivity contribution in [3.63, 3.8) is 0 Å². The predicted octanol–water partition coefficient (Wildman–Crippen LogP) is 3.03. The van der Waals surface area contributed by atoms with Crippen LogP contribution in [0.2, 0.25) is 0 Å². The van der Waals surface area contributed by atoms with Crippen LogP contribution in [0.15, 0.2) is 51.3 Å². The summed E-state index contributed by atoms with van der Waals surface area (Å²) in [6.07, 6.45) is 5.55. The number of anilines is 1. The van der Waals surface area contributed by atoms with Gasteiger partial charge in [-0.1, -0.05) is 0 Å². The number of carbonyl (C=O) groups excluding carboxylic acids is 1. The lowest BCUT2D eigenvalue weighted by Crippen LogP contribution is -2.13. The van der Waals surface area contributed by atoms with Crippen molar-refractivity contribution in [3.8, 4) is 0 Å². The third kappa shape index (κ3) is 2.95. The van der Waals surface area contributed by atoms with Crippen LogP contribution in [-0.4, -0.2) is 35.1 Å². The third-order valence-electron chi connectivity index (χ3n) is 4.03. The maximum absolute atomic E-state index is 11.9. The van der Waals surface area contributed by atoms with Gasteiger partial charge in [0.05, 0.1) is 6.20 Å². The number of nitrogens with one attached hydrogen (secondary N) is 1. The highest BCUT2D eigenvalue weighted by Crippen LogP contribution is 2.30. The first-order valence-corrected chi connectivity index (χ1v) is 9.62. The fourth-order valence-corrected chi connectivity index (χ4v) is 3.68. The Morgan fingerprint density at radius 1 is 1.15 bits per heavy atom. The summed E-state index contributed by atoms with van der Waals surface area (Å²) in [5.74, 6) is 0.691. The molecule has 0 aromatic carbocycles. The van der Waals surface area contributed by atoms with Crippen LogP contribution >= 0.6 is 27.7 Å². The highest BCUT2D eigenvalue weighted by Gasteiger charge is 2.30. The number of carbonyl (C=O) groups is 1. The SMILES string of the molecule is O=C(Nc1cn2nc(Sc3nnc4ccc(Br)cn34)ccc2n1)C1CC1. The van der Waals surface area contributed by atoms with Crippen molar-refractivity contribution >= 4 is 50.7 Å². The number of hydrogen-bond acceptors (Lipinski definition) is 6. The average Bonchev–Trinajstić information content (AvgIpc) is 3.30. The number of halogens is 1. The molecule has 0 saturated heterocycles. The fourth-order valence-electron chi connectivity index (χ4n) is 2.56. The van der Waals surface area contributed by atoms with E-state index in [0.717, 1.165) is 33.1 Å². The summed E-state index contributed by atoms with van der Waals surface area (Å²) in [7, 11) is 0. The van der Waals surface area contributed by atoms with E-state index in [0.29, 0.717) is 11.5 Å². The van der Waals surface area contributed by atoms with Crippen LogP contribution in [0.4, 0.5) is 5.82 Å². The van der Waals surface area contributed by atoms with Crippen LogP contribution in [0.1, 0.15) is 12.8 Å². The topological polar surface area (TPSA) is 89.5 Å². The van der Waals surface area contributed by atoms with Crippen molar-refractivity contribution in [3.05, 3.63) is 41.1 Å². The molecule has 26 heavy (non-hydrogen) atoms. The molecule has 4 aromatic heterocycles. The fraction of sp³-hybridized carbons (Fsp3) is 0.188. The van der Waals surface area contributed by atoms with E-state index in [4.69, 9.17) is 0 Å². The first-order chi connectivity index (χ1) is 12.7. The Bertz CT molecular complexity index is 1150. The van der Waals surface area contributed by atoms with Crippen molar-refractivity contribution in [1.82, 2.24) is 29.2 Å². The molecule has 1 N–H and O–H groups in total. The molecule has 130 valence electrons. The van der Waals surface area contributed by atoms with Crippen LogP contribution in [0, 0.1) is 5.92 Å². The summed E-state index contributed by atoms with van der Waals surface area (Å²) in [6.45, 7) is 0. The summed E-state index contributed by atoms with van der Waals surface area (Å²) in [4.78, 5) is 16.3. The number of nitrogens with zero attached hydrogens (tertiary/aromatic N) is 6. The molecule has 4 heterocycles. The predicted molar refractivity (Wildman–Crippen MR) is 99.2 cm³/mol. The molecule has 4 aromatic rings. The quantitative estimate of drug-likeness (QED) is 0.536. The smallest absolute Gasteiger partial charge is 0.228 e. The molecule has 0 spiro atoms. The molecule has 5 rings (SSSR count). The van der Waals surface area contributed by atoms with Gasteiger partial charge in [-0.2, -0.15) is 5.10 Å². The number of aromatic nitrogens is 6. The van der Waals surface area contributed by atoms with E-state index in [-0.39, 0.29) is 11.8 Å². The maximum atomic E-state index is 11.9. The minimum absolute atomic E-state index is 0.0310. The van der Waals surface area contributed by atoms with Gasteiger partial charge >= 0.3 is 0 Å². The maximum Gasteiger partial charge on any atom is 0.228 e. The molecule has 0 atom stereocenters. The Balaban J connectivity index is 1.43. The van der Waals surface area contributed by atoms with Crippen LogP contribution in [0.3, 0.4) is 0 Å². The van der Waals surface area contributed by atoms with Gasteiger partial charge in [0, 0.05) is 16.6 Å². The second-order valence-corrected chi connectivity index (χ2v) is 7.93. The zero-order valence-corrected chi connectivity index (χ0v) is 15.7. The summed E-state index contributed by atoms with van der Waals surface area (Å²) in [5.41, 5.74) is 1.44. The van der Waals surface area contributed by atoms with Crippen molar-refractivity contribution < 1.29 is 4.79 Å². The highest BCUT2D eigenvalue weighted by atomic mass is 79.9. The van der Waals surface area contributed by atoms with E-state index in [9.17, 15) is 4.79 Å². The molecule has 0 aliphatic heterocycles. The summed E-state index contributed by atoms with van der Waals surface area (Å²) in [6, 6.07) is 7.55. The Kier molecular flexibility index (Phi) is 3.68. The number of amides is 1. The molecule has 1 aliphatic carbocycles. The van der Waals surface area contributed by atoms with E-state index in [1.165, 1.54) is 11.8 Å². The molecule has 8 nitrogen and oxygen atoms in total. The molecule has 0 radical (unpaired) electrons. The van der Waals surface area contributed by atoms with Crippen molar-refractivity contribution in [2.24, 2.45) is 5.92 Å². The van der Waals surface area contributed by atoms with Gasteiger partial charge in [0.1, 0.15) is 5.03 Å². The Morgan fingerprint density at radius 3 is 2.85 bits per heavy atom. The van der Waals surface area contributed by atoms with E-state index in [1.807, 2.05) is 34.9 Å². The zero-order chi connectivity index (χ0) is 17.7. The second-order valence-electron chi connectivity index (χ2n) is 6.02. The molecule has 0 bridgehead atoms. The van der Waals surface area contributed by atoms with Crippen molar-refractivity contribution in [2.75, 3.05) is 5.32 Å². The minimum atomic E-state index is 0.0310. The number of hydrogen-bond donors (Lipinski definition) is 1. The summed E-state index contributed by atoms with van der Waals surface area (Å²) in [5, 5.41) is 17.2. The van der Waals surface area contributed by atoms with Gasteiger partial charge in [0.25, 0.3) is 0 Å². The van der Waals surface area contributed by atoms with Gasteiger partial charge in [-0.25, -0.2) is 9.50 Å². The molecule has 1 fully saturated rings. The Labute approximate surface area is 160 Å². The standard InChI is InChI=1S/C16H12BrN7OS/c17-10-3-4-13-20-21-16(23(13)7-10)26-14-6-5-12-18-11(8-24(12)22-14)19-15(25)9-1-2-9/h3-9H,1-2H2,(H,19,25). The summed E-state index contributed by atoms with van der Waals surface area (Å²) < 4.78 is 4.50. The number of fused-ring (bicyclic) bond motifs is 2. The van der Waals surface area contributed by atoms with Crippen LogP contribution in [-0.2, 0) is 4.79 Å². The van der Waals surface area contributed by atoms with Crippen molar-refractivity contribution in [2.45, 2.75) is 23.0 Å². The van der Waals surface area contributed by atoms with E-state index >= 15 is 0 Å². The molecule has 1 saturated carbocycles. The lowest BCUT2D eigenvalue weighted by Gasteiger charge is -2.00. The van der Waals surface area contributed by atoms with E-state index in [2.05, 4.69) is 41.5 Å². The average molecular weight is 430 g/mol. The number of pyridine rings is 1. The largest absolute Gasteiger partial charge is 0.309 e. The van der Waals surface area contributed by atoms with Crippen LogP contribution < -0.4 is 5.32 Å². The minimum Gasteiger partial charge on any atom is -0.309 e. The first kappa shape index (κ1) is 15.8. The normalized spacial score (nSPS) is 14.2. The monoisotopic (exact) mass is 429 g/mol. The van der Waals surface area contributed by atoms with Gasteiger partial charge in [-0.3, -0.25) is 9.20 Å². The molecule has 1 amide bonds. The van der Waals surface area contributed by atoms with Crippen LogP contribution in [0.5, 0.6) is 0 Å². The first-order valence-electron chi connectivity index (χ1n) is 8.01.